The normalized spacial score (nSPS) is 13.3. The fourth-order valence-electron chi connectivity index (χ4n) is 1.06. The van der Waals surface area contributed by atoms with E-state index in [9.17, 15) is 5.11 Å². The van der Waals surface area contributed by atoms with Crippen molar-refractivity contribution in [1.82, 2.24) is 0 Å². The number of hydrogen-bond acceptors (Lipinski definition) is 3. The molecule has 3 nitrogen and oxygen atoms in total. The minimum Gasteiger partial charge on any atom is -0.507 e. The van der Waals surface area contributed by atoms with Crippen LogP contribution in [0.2, 0.25) is 0 Å². The van der Waals surface area contributed by atoms with Gasteiger partial charge in [0.15, 0.2) is 0 Å². The molecule has 1 unspecified atom stereocenters. The molecular formula is C11H15NO2. The van der Waals surface area contributed by atoms with Crippen molar-refractivity contribution in [2.24, 2.45) is 4.99 Å². The van der Waals surface area contributed by atoms with Crippen molar-refractivity contribution in [2.45, 2.75) is 19.4 Å². The van der Waals surface area contributed by atoms with Crippen molar-refractivity contribution in [2.75, 3.05) is 6.61 Å². The highest BCUT2D eigenvalue weighted by Gasteiger charge is 2.00. The molecule has 76 valence electrons. The summed E-state index contributed by atoms with van der Waals surface area (Å²) in [5.74, 6) is 0.212. The van der Waals surface area contributed by atoms with E-state index in [-0.39, 0.29) is 18.4 Å². The van der Waals surface area contributed by atoms with Crippen molar-refractivity contribution in [3.63, 3.8) is 0 Å². The standard InChI is InChI=1S/C11H15NO2/c1-2-10(8-13)12-7-9-5-3-4-6-11(9)14/h3-7,10,13-14H,2,8H2,1H3/b12-7+. The lowest BCUT2D eigenvalue weighted by Crippen LogP contribution is -2.08. The Morgan fingerprint density at radius 1 is 1.43 bits per heavy atom. The summed E-state index contributed by atoms with van der Waals surface area (Å²) >= 11 is 0. The molecule has 14 heavy (non-hydrogen) atoms. The Bertz CT molecular complexity index is 306. The van der Waals surface area contributed by atoms with Gasteiger partial charge in [0.2, 0.25) is 0 Å². The van der Waals surface area contributed by atoms with Crippen LogP contribution in [0.5, 0.6) is 5.75 Å². The van der Waals surface area contributed by atoms with Crippen LogP contribution in [0.1, 0.15) is 18.9 Å². The summed E-state index contributed by atoms with van der Waals surface area (Å²) in [5, 5.41) is 18.3. The van der Waals surface area contributed by atoms with Crippen LogP contribution in [0.15, 0.2) is 29.3 Å². The summed E-state index contributed by atoms with van der Waals surface area (Å²) in [6.45, 7) is 2.00. The van der Waals surface area contributed by atoms with Crippen molar-refractivity contribution in [3.8, 4) is 5.75 Å². The molecule has 0 bridgehead atoms. The summed E-state index contributed by atoms with van der Waals surface area (Å²) in [5.41, 5.74) is 0.680. The second-order valence-electron chi connectivity index (χ2n) is 3.08. The van der Waals surface area contributed by atoms with Crippen LogP contribution < -0.4 is 0 Å². The third-order valence-corrected chi connectivity index (χ3v) is 2.04. The first-order chi connectivity index (χ1) is 6.77. The zero-order valence-electron chi connectivity index (χ0n) is 8.22. The van der Waals surface area contributed by atoms with Gasteiger partial charge in [0.05, 0.1) is 12.6 Å². The molecule has 1 aromatic carbocycles. The molecule has 0 radical (unpaired) electrons. The van der Waals surface area contributed by atoms with Gasteiger partial charge < -0.3 is 10.2 Å². The van der Waals surface area contributed by atoms with Gasteiger partial charge in [-0.1, -0.05) is 19.1 Å². The number of phenols is 1. The molecule has 1 atom stereocenters. The molecule has 0 heterocycles. The van der Waals surface area contributed by atoms with Gasteiger partial charge in [0.25, 0.3) is 0 Å². The number of rotatable bonds is 4. The Morgan fingerprint density at radius 2 is 2.14 bits per heavy atom. The van der Waals surface area contributed by atoms with Crippen molar-refractivity contribution < 1.29 is 10.2 Å². The van der Waals surface area contributed by atoms with Crippen LogP contribution in [0, 0.1) is 0 Å². The number of aromatic hydroxyl groups is 1. The van der Waals surface area contributed by atoms with Gasteiger partial charge in [-0.05, 0) is 18.6 Å². The lowest BCUT2D eigenvalue weighted by Gasteiger charge is -2.04. The summed E-state index contributed by atoms with van der Waals surface area (Å²) in [4.78, 5) is 4.16. The van der Waals surface area contributed by atoms with Crippen LogP contribution >= 0.6 is 0 Å². The molecule has 0 aliphatic carbocycles. The fourth-order valence-corrected chi connectivity index (χ4v) is 1.06. The monoisotopic (exact) mass is 193 g/mol. The fraction of sp³-hybridized carbons (Fsp3) is 0.364. The zero-order valence-corrected chi connectivity index (χ0v) is 8.22. The number of benzene rings is 1. The number of aliphatic hydroxyl groups excluding tert-OH is 1. The smallest absolute Gasteiger partial charge is 0.124 e. The van der Waals surface area contributed by atoms with E-state index in [1.165, 1.54) is 0 Å². The maximum Gasteiger partial charge on any atom is 0.124 e. The molecule has 0 amide bonds. The predicted molar refractivity (Wildman–Crippen MR) is 56.9 cm³/mol. The Morgan fingerprint density at radius 3 is 2.71 bits per heavy atom. The topological polar surface area (TPSA) is 52.8 Å². The highest BCUT2D eigenvalue weighted by atomic mass is 16.3. The summed E-state index contributed by atoms with van der Waals surface area (Å²) in [6, 6.07) is 6.91. The van der Waals surface area contributed by atoms with E-state index in [4.69, 9.17) is 5.11 Å². The number of nitrogens with zero attached hydrogens (tertiary/aromatic N) is 1. The lowest BCUT2D eigenvalue weighted by atomic mass is 10.2. The van der Waals surface area contributed by atoms with Gasteiger partial charge >= 0.3 is 0 Å². The molecule has 0 fully saturated rings. The molecule has 0 spiro atoms. The van der Waals surface area contributed by atoms with Crippen LogP contribution in [-0.2, 0) is 0 Å². The van der Waals surface area contributed by atoms with Crippen LogP contribution in [0.4, 0.5) is 0 Å². The first kappa shape index (κ1) is 10.7. The van der Waals surface area contributed by atoms with Gasteiger partial charge in [0, 0.05) is 11.8 Å². The van der Waals surface area contributed by atoms with Crippen LogP contribution in [-0.4, -0.2) is 29.1 Å². The Kier molecular flexibility index (Phi) is 4.13. The molecule has 1 aromatic rings. The quantitative estimate of drug-likeness (QED) is 0.713. The lowest BCUT2D eigenvalue weighted by molar-refractivity contribution is 0.264. The number of aliphatic imine (C=N–C) groups is 1. The van der Waals surface area contributed by atoms with E-state index in [1.54, 1.807) is 24.4 Å². The van der Waals surface area contributed by atoms with E-state index in [2.05, 4.69) is 4.99 Å². The SMILES string of the molecule is CCC(CO)/N=C/c1ccccc1O. The van der Waals surface area contributed by atoms with Crippen LogP contribution in [0.25, 0.3) is 0 Å². The molecule has 2 N–H and O–H groups in total. The Hall–Kier alpha value is -1.35. The van der Waals surface area contributed by atoms with Crippen molar-refractivity contribution in [1.29, 1.82) is 0 Å². The molecule has 0 aliphatic rings. The first-order valence-electron chi connectivity index (χ1n) is 4.70. The molecule has 3 heteroatoms. The number of phenolic OH excluding ortho intramolecular Hbond substituents is 1. The second-order valence-corrected chi connectivity index (χ2v) is 3.08. The molecule has 0 saturated carbocycles. The second kappa shape index (κ2) is 5.40. The third-order valence-electron chi connectivity index (χ3n) is 2.04. The molecule has 0 aliphatic heterocycles. The van der Waals surface area contributed by atoms with Gasteiger partial charge in [-0.2, -0.15) is 0 Å². The van der Waals surface area contributed by atoms with E-state index >= 15 is 0 Å². The van der Waals surface area contributed by atoms with Gasteiger partial charge in [0.1, 0.15) is 5.75 Å². The van der Waals surface area contributed by atoms with E-state index in [0.717, 1.165) is 6.42 Å². The number of para-hydroxylation sites is 1. The third kappa shape index (κ3) is 2.85. The highest BCUT2D eigenvalue weighted by molar-refractivity contribution is 5.83. The van der Waals surface area contributed by atoms with Crippen LogP contribution in [0.3, 0.4) is 0 Å². The zero-order chi connectivity index (χ0) is 10.4. The maximum atomic E-state index is 9.42. The number of hydrogen-bond donors (Lipinski definition) is 2. The summed E-state index contributed by atoms with van der Waals surface area (Å²) in [6.07, 6.45) is 2.39. The summed E-state index contributed by atoms with van der Waals surface area (Å²) < 4.78 is 0. The minimum atomic E-state index is -0.0744. The maximum absolute atomic E-state index is 9.42. The number of aliphatic hydroxyl groups is 1. The molecular weight excluding hydrogens is 178 g/mol. The highest BCUT2D eigenvalue weighted by Crippen LogP contribution is 2.13. The average Bonchev–Trinajstić information content (AvgIpc) is 2.22. The largest absolute Gasteiger partial charge is 0.507 e. The van der Waals surface area contributed by atoms with Gasteiger partial charge in [-0.15, -0.1) is 0 Å². The van der Waals surface area contributed by atoms with Gasteiger partial charge in [-0.3, -0.25) is 4.99 Å². The van der Waals surface area contributed by atoms with Gasteiger partial charge in [-0.25, -0.2) is 0 Å². The summed E-state index contributed by atoms with van der Waals surface area (Å²) in [7, 11) is 0. The molecule has 0 aromatic heterocycles. The van der Waals surface area contributed by atoms with Crippen molar-refractivity contribution in [3.05, 3.63) is 29.8 Å². The van der Waals surface area contributed by atoms with E-state index < -0.39 is 0 Å². The van der Waals surface area contributed by atoms with E-state index in [0.29, 0.717) is 5.56 Å². The van der Waals surface area contributed by atoms with Crippen molar-refractivity contribution >= 4 is 6.21 Å². The molecule has 1 rings (SSSR count). The Balaban J connectivity index is 2.72. The predicted octanol–water partition coefficient (Wildman–Crippen LogP) is 1.58. The minimum absolute atomic E-state index is 0.0423. The first-order valence-corrected chi connectivity index (χ1v) is 4.70. The average molecular weight is 193 g/mol. The van der Waals surface area contributed by atoms with E-state index in [1.807, 2.05) is 13.0 Å². The Labute approximate surface area is 83.7 Å². The molecule has 0 saturated heterocycles.